The summed E-state index contributed by atoms with van der Waals surface area (Å²) in [6.07, 6.45) is -1.44. The summed E-state index contributed by atoms with van der Waals surface area (Å²) in [5.41, 5.74) is 0.883. The zero-order valence-corrected chi connectivity index (χ0v) is 16.4. The van der Waals surface area contributed by atoms with E-state index in [1.807, 2.05) is 41.9 Å². The van der Waals surface area contributed by atoms with E-state index in [2.05, 4.69) is 15.0 Å². The van der Waals surface area contributed by atoms with E-state index in [0.717, 1.165) is 5.56 Å². The summed E-state index contributed by atoms with van der Waals surface area (Å²) in [5, 5.41) is 3.03. The first-order valence-electron chi connectivity index (χ1n) is 9.55. The van der Waals surface area contributed by atoms with Crippen LogP contribution in [-0.4, -0.2) is 52.3 Å². The summed E-state index contributed by atoms with van der Waals surface area (Å²) in [7, 11) is 1.84. The second kappa shape index (κ2) is 9.19. The minimum Gasteiger partial charge on any atom is -0.440 e. The van der Waals surface area contributed by atoms with Crippen LogP contribution in [-0.2, 0) is 16.6 Å². The Morgan fingerprint density at radius 3 is 2.47 bits per heavy atom. The number of rotatable bonds is 5. The molecule has 1 aliphatic rings. The summed E-state index contributed by atoms with van der Waals surface area (Å²) in [6, 6.07) is 9.00. The second-order valence-electron chi connectivity index (χ2n) is 7.18. The first-order valence-corrected chi connectivity index (χ1v) is 9.55. The smallest absolute Gasteiger partial charge is 0.422 e. The monoisotopic (exact) mass is 424 g/mol. The predicted octanol–water partition coefficient (Wildman–Crippen LogP) is 3.04. The number of carbonyl (C=O) groups excluding carboxylic acids is 2. The molecular formula is C20H23F3N4O3. The van der Waals surface area contributed by atoms with Gasteiger partial charge < -0.3 is 19.5 Å². The number of nitrogens with zero attached hydrogens (tertiary/aromatic N) is 3. The Balaban J connectivity index is 1.60. The lowest BCUT2D eigenvalue weighted by Crippen LogP contribution is -2.44. The largest absolute Gasteiger partial charge is 0.440 e. The molecule has 0 radical (unpaired) electrons. The zero-order chi connectivity index (χ0) is 21.7. The number of imidazole rings is 1. The highest BCUT2D eigenvalue weighted by atomic mass is 19.4. The van der Waals surface area contributed by atoms with Crippen LogP contribution in [0.3, 0.4) is 0 Å². The number of aromatic nitrogens is 2. The Morgan fingerprint density at radius 1 is 1.23 bits per heavy atom. The molecule has 2 amide bonds. The normalized spacial score (nSPS) is 16.2. The summed E-state index contributed by atoms with van der Waals surface area (Å²) in [5.74, 6) is 0.140. The van der Waals surface area contributed by atoms with Crippen molar-refractivity contribution in [1.29, 1.82) is 0 Å². The molecule has 1 atom stereocenters. The molecule has 1 saturated heterocycles. The van der Waals surface area contributed by atoms with Crippen LogP contribution in [0.2, 0.25) is 0 Å². The van der Waals surface area contributed by atoms with Gasteiger partial charge in [0.1, 0.15) is 11.9 Å². The van der Waals surface area contributed by atoms with Crippen molar-refractivity contribution in [3.05, 3.63) is 54.1 Å². The molecule has 3 rings (SSSR count). The number of likely N-dealkylation sites (tertiary alicyclic amines) is 1. The standard InChI is InChI=1S/C20H23F3N4O3/c1-26-12-9-24-17(26)16(14-5-3-2-4-6-14)25-18(28)15-7-10-27(11-8-15)19(29)30-13-20(21,22)23/h2-6,9,12,15-16H,7-8,10-11,13H2,1H3,(H,25,28). The molecule has 0 bridgehead atoms. The Kier molecular flexibility index (Phi) is 6.63. The van der Waals surface area contributed by atoms with Crippen molar-refractivity contribution in [3.63, 3.8) is 0 Å². The van der Waals surface area contributed by atoms with Crippen LogP contribution < -0.4 is 5.32 Å². The maximum atomic E-state index is 12.9. The molecule has 0 spiro atoms. The molecule has 1 fully saturated rings. The van der Waals surface area contributed by atoms with Crippen LogP contribution in [0, 0.1) is 5.92 Å². The van der Waals surface area contributed by atoms with Crippen LogP contribution in [0.25, 0.3) is 0 Å². The van der Waals surface area contributed by atoms with Gasteiger partial charge in [-0.3, -0.25) is 4.79 Å². The maximum Gasteiger partial charge on any atom is 0.422 e. The molecule has 2 aromatic rings. The van der Waals surface area contributed by atoms with Crippen molar-refractivity contribution in [1.82, 2.24) is 19.8 Å². The lowest BCUT2D eigenvalue weighted by molar-refractivity contribution is -0.162. The number of alkyl halides is 3. The second-order valence-corrected chi connectivity index (χ2v) is 7.18. The summed E-state index contributed by atoms with van der Waals surface area (Å²) < 4.78 is 42.7. The molecular weight excluding hydrogens is 401 g/mol. The number of piperidine rings is 1. The Bertz CT molecular complexity index is 862. The molecule has 1 aromatic heterocycles. The summed E-state index contributed by atoms with van der Waals surface area (Å²) in [4.78, 5) is 30.2. The molecule has 1 aromatic carbocycles. The van der Waals surface area contributed by atoms with Gasteiger partial charge in [0.15, 0.2) is 6.61 Å². The highest BCUT2D eigenvalue weighted by molar-refractivity contribution is 5.80. The van der Waals surface area contributed by atoms with Crippen molar-refractivity contribution < 1.29 is 27.5 Å². The van der Waals surface area contributed by atoms with Gasteiger partial charge >= 0.3 is 12.3 Å². The number of hydrogen-bond donors (Lipinski definition) is 1. The fraction of sp³-hybridized carbons (Fsp3) is 0.450. The molecule has 7 nitrogen and oxygen atoms in total. The van der Waals surface area contributed by atoms with E-state index in [4.69, 9.17) is 0 Å². The van der Waals surface area contributed by atoms with Crippen molar-refractivity contribution >= 4 is 12.0 Å². The van der Waals surface area contributed by atoms with E-state index in [0.29, 0.717) is 18.7 Å². The molecule has 30 heavy (non-hydrogen) atoms. The predicted molar refractivity (Wildman–Crippen MR) is 101 cm³/mol. The topological polar surface area (TPSA) is 76.5 Å². The van der Waals surface area contributed by atoms with Crippen molar-refractivity contribution in [2.24, 2.45) is 13.0 Å². The average Bonchev–Trinajstić information content (AvgIpc) is 3.16. The fourth-order valence-corrected chi connectivity index (χ4v) is 3.42. The maximum absolute atomic E-state index is 12.9. The minimum atomic E-state index is -4.56. The Labute approximate surface area is 171 Å². The van der Waals surface area contributed by atoms with Gasteiger partial charge in [-0.2, -0.15) is 13.2 Å². The fourth-order valence-electron chi connectivity index (χ4n) is 3.42. The van der Waals surface area contributed by atoms with E-state index in [9.17, 15) is 22.8 Å². The Hall–Kier alpha value is -3.04. The third-order valence-corrected chi connectivity index (χ3v) is 5.02. The number of hydrogen-bond acceptors (Lipinski definition) is 4. The van der Waals surface area contributed by atoms with E-state index >= 15 is 0 Å². The van der Waals surface area contributed by atoms with Crippen LogP contribution in [0.5, 0.6) is 0 Å². The highest BCUT2D eigenvalue weighted by Crippen LogP contribution is 2.24. The van der Waals surface area contributed by atoms with Gasteiger partial charge in [-0.05, 0) is 18.4 Å². The quantitative estimate of drug-likeness (QED) is 0.801. The van der Waals surface area contributed by atoms with Gasteiger partial charge in [-0.15, -0.1) is 0 Å². The number of aryl methyl sites for hydroxylation is 1. The van der Waals surface area contributed by atoms with E-state index in [-0.39, 0.29) is 24.9 Å². The van der Waals surface area contributed by atoms with Crippen molar-refractivity contribution in [2.45, 2.75) is 25.1 Å². The minimum absolute atomic E-state index is 0.160. The molecule has 10 heteroatoms. The van der Waals surface area contributed by atoms with Gasteiger partial charge in [-0.1, -0.05) is 30.3 Å². The van der Waals surface area contributed by atoms with Gasteiger partial charge in [0.25, 0.3) is 0 Å². The van der Waals surface area contributed by atoms with E-state index in [1.165, 1.54) is 4.90 Å². The SMILES string of the molecule is Cn1ccnc1C(NC(=O)C1CCN(C(=O)OCC(F)(F)F)CC1)c1ccccc1. The van der Waals surface area contributed by atoms with E-state index in [1.54, 1.807) is 12.4 Å². The number of halogens is 3. The average molecular weight is 424 g/mol. The number of benzene rings is 1. The van der Waals surface area contributed by atoms with E-state index < -0.39 is 24.9 Å². The van der Waals surface area contributed by atoms with Gasteiger partial charge in [-0.25, -0.2) is 9.78 Å². The molecule has 1 unspecified atom stereocenters. The number of nitrogens with one attached hydrogen (secondary N) is 1. The number of ether oxygens (including phenoxy) is 1. The first-order chi connectivity index (χ1) is 14.2. The lowest BCUT2D eigenvalue weighted by Gasteiger charge is -2.31. The molecule has 1 N–H and O–H groups in total. The highest BCUT2D eigenvalue weighted by Gasteiger charge is 2.33. The molecule has 162 valence electrons. The van der Waals surface area contributed by atoms with Crippen LogP contribution in [0.4, 0.5) is 18.0 Å². The van der Waals surface area contributed by atoms with Crippen molar-refractivity contribution in [2.75, 3.05) is 19.7 Å². The lowest BCUT2D eigenvalue weighted by atomic mass is 9.95. The molecule has 1 aliphatic heterocycles. The van der Waals surface area contributed by atoms with Crippen LogP contribution in [0.1, 0.15) is 30.3 Å². The molecule has 2 heterocycles. The van der Waals surface area contributed by atoms with Crippen LogP contribution >= 0.6 is 0 Å². The third-order valence-electron chi connectivity index (χ3n) is 5.02. The van der Waals surface area contributed by atoms with Gasteiger partial charge in [0.05, 0.1) is 0 Å². The number of amides is 2. The van der Waals surface area contributed by atoms with Crippen molar-refractivity contribution in [3.8, 4) is 0 Å². The molecule has 0 aliphatic carbocycles. The van der Waals surface area contributed by atoms with Gasteiger partial charge in [0, 0.05) is 38.4 Å². The third kappa shape index (κ3) is 5.52. The first kappa shape index (κ1) is 21.7. The van der Waals surface area contributed by atoms with Crippen LogP contribution in [0.15, 0.2) is 42.7 Å². The summed E-state index contributed by atoms with van der Waals surface area (Å²) in [6.45, 7) is -1.30. The molecule has 0 saturated carbocycles. The van der Waals surface area contributed by atoms with Gasteiger partial charge in [0.2, 0.25) is 5.91 Å². The zero-order valence-electron chi connectivity index (χ0n) is 16.4. The Morgan fingerprint density at radius 2 is 1.90 bits per heavy atom. The summed E-state index contributed by atoms with van der Waals surface area (Å²) >= 11 is 0. The number of carbonyl (C=O) groups is 2.